The van der Waals surface area contributed by atoms with Crippen molar-refractivity contribution in [2.24, 2.45) is 0 Å². The van der Waals surface area contributed by atoms with Crippen LogP contribution in [0.15, 0.2) is 18.3 Å². The van der Waals surface area contributed by atoms with E-state index in [0.717, 1.165) is 0 Å². The largest absolute Gasteiger partial charge is 0.444 e. The molecule has 1 fully saturated rings. The second kappa shape index (κ2) is 3.22. The number of rotatable bonds is 1. The number of nitrogens with one attached hydrogen (secondary N) is 2. The van der Waals surface area contributed by atoms with E-state index < -0.39 is 24.4 Å². The van der Waals surface area contributed by atoms with Gasteiger partial charge in [0.05, 0.1) is 6.04 Å². The van der Waals surface area contributed by atoms with Gasteiger partial charge in [-0.3, -0.25) is 4.84 Å². The molecule has 0 unspecified atom stereocenters. The highest BCUT2D eigenvalue weighted by molar-refractivity contribution is 5.11. The van der Waals surface area contributed by atoms with E-state index in [9.17, 15) is 18.3 Å². The Morgan fingerprint density at radius 1 is 1.53 bits per heavy atom. The Labute approximate surface area is 83.0 Å². The zero-order chi connectivity index (χ0) is 11.1. The molecule has 2 heterocycles. The topological polar surface area (TPSA) is 57.3 Å². The van der Waals surface area contributed by atoms with Crippen LogP contribution in [0.3, 0.4) is 0 Å². The summed E-state index contributed by atoms with van der Waals surface area (Å²) in [6.45, 7) is 0. The molecule has 15 heavy (non-hydrogen) atoms. The van der Waals surface area contributed by atoms with E-state index in [2.05, 4.69) is 15.3 Å². The Balaban J connectivity index is 2.13. The summed E-state index contributed by atoms with van der Waals surface area (Å²) in [5.41, 5.74) is 2.69. The Morgan fingerprint density at radius 2 is 2.27 bits per heavy atom. The fourth-order valence-corrected chi connectivity index (χ4v) is 1.44. The molecule has 0 saturated carbocycles. The third-order valence-electron chi connectivity index (χ3n) is 2.29. The molecular weight excluding hydrogens is 213 g/mol. The maximum absolute atomic E-state index is 12.3. The molecule has 3 N–H and O–H groups in total. The van der Waals surface area contributed by atoms with Gasteiger partial charge in [-0.1, -0.05) is 0 Å². The van der Waals surface area contributed by atoms with Gasteiger partial charge in [0.2, 0.25) is 0 Å². The van der Waals surface area contributed by atoms with Crippen LogP contribution in [-0.2, 0) is 4.84 Å². The van der Waals surface area contributed by atoms with E-state index in [0.29, 0.717) is 5.69 Å². The normalized spacial score (nSPS) is 32.1. The first kappa shape index (κ1) is 10.5. The van der Waals surface area contributed by atoms with E-state index in [-0.39, 0.29) is 0 Å². The van der Waals surface area contributed by atoms with E-state index in [4.69, 9.17) is 0 Å². The van der Waals surface area contributed by atoms with Gasteiger partial charge >= 0.3 is 6.18 Å². The van der Waals surface area contributed by atoms with E-state index in [1.807, 2.05) is 0 Å². The molecule has 0 aliphatic carbocycles. The van der Waals surface area contributed by atoms with Gasteiger partial charge in [-0.05, 0) is 12.1 Å². The SMILES string of the molecule is O[C@]1(C(F)(F)F)C[C@@H](c2ccc[nH]2)NO1. The van der Waals surface area contributed by atoms with Crippen molar-refractivity contribution in [2.75, 3.05) is 0 Å². The van der Waals surface area contributed by atoms with Gasteiger partial charge in [0.15, 0.2) is 0 Å². The van der Waals surface area contributed by atoms with Crippen molar-refractivity contribution in [1.82, 2.24) is 10.5 Å². The lowest BCUT2D eigenvalue weighted by molar-refractivity contribution is -0.361. The summed E-state index contributed by atoms with van der Waals surface area (Å²) < 4.78 is 37.0. The second-order valence-electron chi connectivity index (χ2n) is 3.38. The molecule has 7 heteroatoms. The van der Waals surface area contributed by atoms with Crippen LogP contribution in [0.4, 0.5) is 13.2 Å². The third kappa shape index (κ3) is 1.73. The molecule has 1 saturated heterocycles. The van der Waals surface area contributed by atoms with Crippen molar-refractivity contribution in [3.8, 4) is 0 Å². The third-order valence-corrected chi connectivity index (χ3v) is 2.29. The van der Waals surface area contributed by atoms with Crippen molar-refractivity contribution in [3.63, 3.8) is 0 Å². The molecule has 0 spiro atoms. The molecule has 1 aromatic rings. The van der Waals surface area contributed by atoms with E-state index >= 15 is 0 Å². The molecule has 0 radical (unpaired) electrons. The van der Waals surface area contributed by atoms with Gasteiger partial charge < -0.3 is 10.1 Å². The minimum absolute atomic E-state index is 0.537. The number of H-pyrrole nitrogens is 1. The Morgan fingerprint density at radius 3 is 2.73 bits per heavy atom. The Hall–Kier alpha value is -1.05. The number of halogens is 3. The summed E-state index contributed by atoms with van der Waals surface area (Å²) in [5.74, 6) is -3.11. The molecule has 0 bridgehead atoms. The molecule has 4 nitrogen and oxygen atoms in total. The zero-order valence-corrected chi connectivity index (χ0v) is 7.51. The Kier molecular flexibility index (Phi) is 2.25. The summed E-state index contributed by atoms with van der Waals surface area (Å²) in [6.07, 6.45) is -3.79. The predicted octanol–water partition coefficient (Wildman–Crippen LogP) is 1.23. The van der Waals surface area contributed by atoms with Crippen LogP contribution in [0.5, 0.6) is 0 Å². The van der Waals surface area contributed by atoms with Crippen LogP contribution in [-0.4, -0.2) is 22.1 Å². The number of hydroxylamine groups is 1. The lowest BCUT2D eigenvalue weighted by Gasteiger charge is -2.22. The van der Waals surface area contributed by atoms with Crippen molar-refractivity contribution in [1.29, 1.82) is 0 Å². The highest BCUT2D eigenvalue weighted by Crippen LogP contribution is 2.41. The fourth-order valence-electron chi connectivity index (χ4n) is 1.44. The van der Waals surface area contributed by atoms with Crippen LogP contribution in [0.1, 0.15) is 18.2 Å². The minimum atomic E-state index is -4.80. The summed E-state index contributed by atoms with van der Waals surface area (Å²) in [6, 6.07) is 2.58. The molecular formula is C8H9F3N2O2. The van der Waals surface area contributed by atoms with Crippen molar-refractivity contribution >= 4 is 0 Å². The number of aliphatic hydroxyl groups is 1. The smallest absolute Gasteiger partial charge is 0.364 e. The van der Waals surface area contributed by atoms with Crippen LogP contribution in [0.25, 0.3) is 0 Å². The van der Waals surface area contributed by atoms with E-state index in [1.54, 1.807) is 18.3 Å². The predicted molar refractivity (Wildman–Crippen MR) is 43.4 cm³/mol. The van der Waals surface area contributed by atoms with Gasteiger partial charge in [0.1, 0.15) is 0 Å². The Bertz CT molecular complexity index is 338. The van der Waals surface area contributed by atoms with Crippen molar-refractivity contribution in [3.05, 3.63) is 24.0 Å². The first-order chi connectivity index (χ1) is 6.92. The van der Waals surface area contributed by atoms with Gasteiger partial charge in [-0.2, -0.15) is 18.7 Å². The standard InChI is InChI=1S/C8H9F3N2O2/c9-8(10,11)7(14)4-6(13-15-7)5-2-1-3-12-5/h1-3,6,12-14H,4H2/t6-,7+/m0/s1. The summed E-state index contributed by atoms with van der Waals surface area (Å²) in [4.78, 5) is 6.95. The number of hydrogen-bond donors (Lipinski definition) is 3. The van der Waals surface area contributed by atoms with Gasteiger partial charge in [-0.15, -0.1) is 0 Å². The van der Waals surface area contributed by atoms with Gasteiger partial charge in [0.25, 0.3) is 5.79 Å². The lowest BCUT2D eigenvalue weighted by atomic mass is 10.1. The highest BCUT2D eigenvalue weighted by Gasteiger charge is 2.60. The molecule has 2 atom stereocenters. The average molecular weight is 222 g/mol. The highest BCUT2D eigenvalue weighted by atomic mass is 19.4. The number of aromatic amines is 1. The molecule has 0 aromatic carbocycles. The van der Waals surface area contributed by atoms with Gasteiger partial charge in [-0.25, -0.2) is 0 Å². The van der Waals surface area contributed by atoms with Crippen molar-refractivity contribution < 1.29 is 23.1 Å². The van der Waals surface area contributed by atoms with Crippen LogP contribution >= 0.6 is 0 Å². The number of hydrogen-bond acceptors (Lipinski definition) is 3. The maximum Gasteiger partial charge on any atom is 0.444 e. The molecule has 1 aromatic heterocycles. The molecule has 84 valence electrons. The van der Waals surface area contributed by atoms with E-state index in [1.165, 1.54) is 0 Å². The van der Waals surface area contributed by atoms with Crippen LogP contribution in [0, 0.1) is 0 Å². The average Bonchev–Trinajstić information content (AvgIpc) is 2.70. The molecule has 2 rings (SSSR count). The number of alkyl halides is 3. The van der Waals surface area contributed by atoms with Crippen molar-refractivity contribution in [2.45, 2.75) is 24.4 Å². The van der Waals surface area contributed by atoms with Crippen LogP contribution in [0.2, 0.25) is 0 Å². The first-order valence-electron chi connectivity index (χ1n) is 4.28. The summed E-state index contributed by atoms with van der Waals surface area (Å²) >= 11 is 0. The lowest BCUT2D eigenvalue weighted by Crippen LogP contribution is -2.45. The fraction of sp³-hybridized carbons (Fsp3) is 0.500. The maximum atomic E-state index is 12.3. The summed E-state index contributed by atoms with van der Waals surface area (Å²) in [5, 5.41) is 9.17. The first-order valence-corrected chi connectivity index (χ1v) is 4.28. The summed E-state index contributed by atoms with van der Waals surface area (Å²) in [7, 11) is 0. The molecule has 1 aliphatic rings. The zero-order valence-electron chi connectivity index (χ0n) is 7.51. The van der Waals surface area contributed by atoms with Crippen LogP contribution < -0.4 is 5.48 Å². The number of aromatic nitrogens is 1. The van der Waals surface area contributed by atoms with Gasteiger partial charge in [0, 0.05) is 18.3 Å². The quantitative estimate of drug-likeness (QED) is 0.669. The minimum Gasteiger partial charge on any atom is -0.364 e. The molecule has 1 aliphatic heterocycles. The monoisotopic (exact) mass is 222 g/mol. The second-order valence-corrected chi connectivity index (χ2v) is 3.38. The molecule has 0 amide bonds.